The molecule has 0 saturated carbocycles. The number of carbonyl (C=O) groups excluding carboxylic acids is 3. The molecule has 0 spiro atoms. The van der Waals surface area contributed by atoms with E-state index in [2.05, 4.69) is 26.2 Å². The highest BCUT2D eigenvalue weighted by Gasteiger charge is 2.32. The molecular weight excluding hydrogens is 652 g/mol. The summed E-state index contributed by atoms with van der Waals surface area (Å²) < 4.78 is 2.76. The van der Waals surface area contributed by atoms with Gasteiger partial charge in [-0.05, 0) is 54.1 Å². The van der Waals surface area contributed by atoms with E-state index in [-0.39, 0.29) is 36.4 Å². The van der Waals surface area contributed by atoms with E-state index in [1.807, 2.05) is 42.5 Å². The summed E-state index contributed by atoms with van der Waals surface area (Å²) in [5.74, 6) is -0.654. The fourth-order valence-electron chi connectivity index (χ4n) is 3.96. The van der Waals surface area contributed by atoms with Crippen molar-refractivity contribution in [2.24, 2.45) is 0 Å². The van der Waals surface area contributed by atoms with E-state index in [9.17, 15) is 14.4 Å². The Kier molecular flexibility index (Phi) is 9.07. The maximum Gasteiger partial charge on any atom is 0.266 e. The molecule has 1 fully saturated rings. The van der Waals surface area contributed by atoms with Gasteiger partial charge in [0.05, 0.1) is 21.7 Å². The number of hydrogen-bond acceptors (Lipinski definition) is 7. The normalized spacial score (nSPS) is 14.3. The predicted octanol–water partition coefficient (Wildman–Crippen LogP) is 7.11. The summed E-state index contributed by atoms with van der Waals surface area (Å²) in [6, 6.07) is 21.7. The minimum atomic E-state index is -0.251. The number of amides is 2. The van der Waals surface area contributed by atoms with Crippen molar-refractivity contribution >= 4 is 108 Å². The number of carbonyl (C=O) groups is 3. The molecule has 0 unspecified atom stereocenters. The van der Waals surface area contributed by atoms with Crippen LogP contribution >= 0.6 is 63.3 Å². The van der Waals surface area contributed by atoms with Crippen molar-refractivity contribution in [3.63, 3.8) is 0 Å². The molecule has 12 heteroatoms. The molecule has 1 saturated heterocycles. The number of fused-ring (bicyclic) bond motifs is 1. The summed E-state index contributed by atoms with van der Waals surface area (Å²) in [5.41, 5.74) is 2.77. The molecule has 3 aromatic carbocycles. The lowest BCUT2D eigenvalue weighted by Crippen LogP contribution is -2.31. The Hall–Kier alpha value is -2.96. The fraction of sp³-hybridized carbons (Fsp3) is 0.107. The van der Waals surface area contributed by atoms with Crippen LogP contribution < -0.4 is 5.32 Å². The van der Waals surface area contributed by atoms with E-state index in [1.54, 1.807) is 36.4 Å². The van der Waals surface area contributed by atoms with E-state index in [0.29, 0.717) is 36.1 Å². The third-order valence-electron chi connectivity index (χ3n) is 5.81. The van der Waals surface area contributed by atoms with Crippen LogP contribution in [0.4, 0.5) is 5.69 Å². The van der Waals surface area contributed by atoms with Crippen LogP contribution in [0.25, 0.3) is 17.1 Å². The number of halogens is 2. The quantitative estimate of drug-likeness (QED) is 0.121. The van der Waals surface area contributed by atoms with E-state index in [0.717, 1.165) is 10.0 Å². The monoisotopic (exact) mass is 670 g/mol. The average molecular weight is 672 g/mol. The Morgan fingerprint density at radius 1 is 1.10 bits per heavy atom. The molecule has 202 valence electrons. The summed E-state index contributed by atoms with van der Waals surface area (Å²) in [5, 5.41) is 3.86. The van der Waals surface area contributed by atoms with Crippen molar-refractivity contribution in [3.05, 3.63) is 92.8 Å². The van der Waals surface area contributed by atoms with Crippen molar-refractivity contribution in [2.75, 3.05) is 17.6 Å². The number of imidazole rings is 1. The van der Waals surface area contributed by atoms with Gasteiger partial charge in [0.15, 0.2) is 5.16 Å². The summed E-state index contributed by atoms with van der Waals surface area (Å²) in [4.78, 5) is 45.7. The fourth-order valence-corrected chi connectivity index (χ4v) is 6.62. The molecule has 2 heterocycles. The Bertz CT molecular complexity index is 1670. The third-order valence-corrected chi connectivity index (χ3v) is 8.87. The first-order chi connectivity index (χ1) is 19.3. The number of nitrogens with one attached hydrogen (secondary N) is 1. The van der Waals surface area contributed by atoms with Crippen LogP contribution in [0.5, 0.6) is 0 Å². The van der Waals surface area contributed by atoms with Crippen LogP contribution in [0.2, 0.25) is 5.02 Å². The third kappa shape index (κ3) is 6.67. The Labute approximate surface area is 257 Å². The Balaban J connectivity index is 1.28. The van der Waals surface area contributed by atoms with Crippen molar-refractivity contribution in [3.8, 4) is 0 Å². The van der Waals surface area contributed by atoms with Crippen molar-refractivity contribution in [2.45, 2.75) is 11.6 Å². The lowest BCUT2D eigenvalue weighted by atomic mass is 10.2. The van der Waals surface area contributed by atoms with Gasteiger partial charge in [-0.25, -0.2) is 4.98 Å². The SMILES string of the molecule is O=C(CSc1nc2ccccc2n1C(=O)CCN1C(=O)C(=Cc2ccc(Cl)cc2)SC1=S)Nc1cccc(Br)c1. The lowest BCUT2D eigenvalue weighted by Gasteiger charge is -2.15. The van der Waals surface area contributed by atoms with Gasteiger partial charge in [-0.1, -0.05) is 93.6 Å². The molecule has 4 aromatic rings. The molecule has 0 bridgehead atoms. The maximum absolute atomic E-state index is 13.5. The van der Waals surface area contributed by atoms with E-state index in [1.165, 1.54) is 33.0 Å². The highest BCUT2D eigenvalue weighted by Crippen LogP contribution is 2.33. The second kappa shape index (κ2) is 12.7. The summed E-state index contributed by atoms with van der Waals surface area (Å²) in [7, 11) is 0. The average Bonchev–Trinajstić information content (AvgIpc) is 3.43. The van der Waals surface area contributed by atoms with Crippen molar-refractivity contribution in [1.82, 2.24) is 14.5 Å². The number of thioether (sulfide) groups is 2. The summed E-state index contributed by atoms with van der Waals surface area (Å²) in [6.45, 7) is 0.126. The van der Waals surface area contributed by atoms with Gasteiger partial charge in [0.25, 0.3) is 5.91 Å². The first-order valence-corrected chi connectivity index (χ1v) is 15.4. The number of aromatic nitrogens is 2. The van der Waals surface area contributed by atoms with E-state index < -0.39 is 0 Å². The highest BCUT2D eigenvalue weighted by atomic mass is 79.9. The van der Waals surface area contributed by atoms with Gasteiger partial charge in [-0.2, -0.15) is 0 Å². The summed E-state index contributed by atoms with van der Waals surface area (Å²) in [6.07, 6.45) is 1.79. The van der Waals surface area contributed by atoms with Gasteiger partial charge in [0.1, 0.15) is 4.32 Å². The second-order valence-electron chi connectivity index (χ2n) is 8.59. The van der Waals surface area contributed by atoms with Gasteiger partial charge >= 0.3 is 0 Å². The molecule has 1 N–H and O–H groups in total. The number of rotatable bonds is 8. The number of thiocarbonyl (C=S) groups is 1. The minimum absolute atomic E-state index is 0.0266. The molecule has 5 rings (SSSR count). The predicted molar refractivity (Wildman–Crippen MR) is 170 cm³/mol. The number of anilines is 1. The first-order valence-electron chi connectivity index (χ1n) is 12.0. The zero-order valence-electron chi connectivity index (χ0n) is 20.7. The standard InChI is InChI=1S/C28H20BrClN4O3S3/c29-18-4-3-5-20(15-18)31-24(35)16-39-27-32-21-6-1-2-7-22(21)34(27)25(36)12-13-33-26(37)23(40-28(33)38)14-17-8-10-19(30)11-9-17/h1-11,14-15H,12-13,16H2,(H,31,35). The zero-order chi connectivity index (χ0) is 28.2. The molecule has 40 heavy (non-hydrogen) atoms. The summed E-state index contributed by atoms with van der Waals surface area (Å²) >= 11 is 17.2. The zero-order valence-corrected chi connectivity index (χ0v) is 25.5. The van der Waals surface area contributed by atoms with E-state index >= 15 is 0 Å². The Morgan fingerprint density at radius 3 is 2.65 bits per heavy atom. The largest absolute Gasteiger partial charge is 0.325 e. The van der Waals surface area contributed by atoms with Gasteiger partial charge in [0.2, 0.25) is 11.8 Å². The minimum Gasteiger partial charge on any atom is -0.325 e. The van der Waals surface area contributed by atoms with Gasteiger partial charge in [0, 0.05) is 28.1 Å². The first kappa shape index (κ1) is 28.6. The molecular formula is C28H20BrClN4O3S3. The number of para-hydroxylation sites is 2. The van der Waals surface area contributed by atoms with Gasteiger partial charge in [-0.3, -0.25) is 23.9 Å². The van der Waals surface area contributed by atoms with Crippen LogP contribution in [0.15, 0.2) is 87.3 Å². The topological polar surface area (TPSA) is 84.3 Å². The molecule has 1 aliphatic rings. The number of nitrogens with zero attached hydrogens (tertiary/aromatic N) is 3. The van der Waals surface area contributed by atoms with Crippen molar-refractivity contribution in [1.29, 1.82) is 0 Å². The molecule has 7 nitrogen and oxygen atoms in total. The van der Waals surface area contributed by atoms with Crippen LogP contribution in [-0.2, 0) is 9.59 Å². The highest BCUT2D eigenvalue weighted by molar-refractivity contribution is 9.10. The molecule has 1 aromatic heterocycles. The molecule has 1 aliphatic heterocycles. The van der Waals surface area contributed by atoms with Gasteiger partial charge < -0.3 is 5.32 Å². The lowest BCUT2D eigenvalue weighted by molar-refractivity contribution is -0.122. The van der Waals surface area contributed by atoms with Crippen molar-refractivity contribution < 1.29 is 14.4 Å². The molecule has 0 aliphatic carbocycles. The van der Waals surface area contributed by atoms with E-state index in [4.69, 9.17) is 23.8 Å². The second-order valence-corrected chi connectivity index (χ2v) is 12.6. The van der Waals surface area contributed by atoms with Crippen LogP contribution in [0.1, 0.15) is 16.8 Å². The van der Waals surface area contributed by atoms with Crippen LogP contribution in [-0.4, -0.2) is 48.8 Å². The van der Waals surface area contributed by atoms with Crippen LogP contribution in [0.3, 0.4) is 0 Å². The van der Waals surface area contributed by atoms with Gasteiger partial charge in [-0.15, -0.1) is 0 Å². The molecule has 0 atom stereocenters. The number of hydrogen-bond donors (Lipinski definition) is 1. The van der Waals surface area contributed by atoms with Crippen LogP contribution in [0, 0.1) is 0 Å². The molecule has 2 amide bonds. The molecule has 0 radical (unpaired) electrons. The Morgan fingerprint density at radius 2 is 1.88 bits per heavy atom. The smallest absolute Gasteiger partial charge is 0.266 e. The maximum atomic E-state index is 13.5. The number of benzene rings is 3.